The van der Waals surface area contributed by atoms with E-state index in [-0.39, 0.29) is 12.4 Å². The minimum atomic E-state index is 0. The van der Waals surface area contributed by atoms with Crippen LogP contribution in [0.1, 0.15) is 51.4 Å². The Labute approximate surface area is 153 Å². The number of likely N-dealkylation sites (tertiary alicyclic amines) is 1. The van der Waals surface area contributed by atoms with Gasteiger partial charge in [0, 0.05) is 37.8 Å². The van der Waals surface area contributed by atoms with E-state index in [1.165, 1.54) is 71.0 Å². The van der Waals surface area contributed by atoms with E-state index in [0.29, 0.717) is 12.1 Å². The number of ether oxygens (including phenoxy) is 1. The number of nitrogens with zero attached hydrogens (tertiary/aromatic N) is 1. The second kappa shape index (κ2) is 9.18. The lowest BCUT2D eigenvalue weighted by atomic mass is 9.93. The van der Waals surface area contributed by atoms with Gasteiger partial charge >= 0.3 is 0 Å². The maximum Gasteiger partial charge on any atom is 0.0623 e. The number of nitrogens with one attached hydrogen (secondary N) is 2. The predicted molar refractivity (Wildman–Crippen MR) is 101 cm³/mol. The highest BCUT2D eigenvalue weighted by molar-refractivity contribution is 5.85. The fraction of sp³-hybridized carbons (Fsp3) is 1.00. The van der Waals surface area contributed by atoms with Gasteiger partial charge in [-0.3, -0.25) is 0 Å². The van der Waals surface area contributed by atoms with E-state index in [1.807, 2.05) is 0 Å². The van der Waals surface area contributed by atoms with Gasteiger partial charge in [0.1, 0.15) is 0 Å². The second-order valence-corrected chi connectivity index (χ2v) is 8.40. The van der Waals surface area contributed by atoms with Crippen molar-refractivity contribution in [3.63, 3.8) is 0 Å². The van der Waals surface area contributed by atoms with E-state index < -0.39 is 0 Å². The summed E-state index contributed by atoms with van der Waals surface area (Å²) in [6, 6.07) is 2.02. The Kier molecular flexibility index (Phi) is 7.23. The topological polar surface area (TPSA) is 36.5 Å². The summed E-state index contributed by atoms with van der Waals surface area (Å²) in [6.45, 7) is 6.81. The van der Waals surface area contributed by atoms with Crippen molar-refractivity contribution in [2.45, 2.75) is 69.5 Å². The summed E-state index contributed by atoms with van der Waals surface area (Å²) in [6.07, 6.45) is 11.4. The maximum atomic E-state index is 5.71. The predicted octanol–water partition coefficient (Wildman–Crippen LogP) is 2.42. The molecule has 5 heteroatoms. The van der Waals surface area contributed by atoms with Gasteiger partial charge in [-0.05, 0) is 50.5 Å². The highest BCUT2D eigenvalue weighted by Gasteiger charge is 2.37. The van der Waals surface area contributed by atoms with E-state index in [9.17, 15) is 0 Å². The highest BCUT2D eigenvalue weighted by atomic mass is 35.5. The molecule has 0 aromatic rings. The standard InChI is InChI=1S/C19H35N3O.ClH/c1-2-5-15(4-1)12-22-10-8-16(13-22)21-18-7-3-6-17(18)19-14-23-11-9-20-19;/h15-21H,1-14H2;1H. The van der Waals surface area contributed by atoms with Gasteiger partial charge < -0.3 is 20.3 Å². The van der Waals surface area contributed by atoms with Crippen LogP contribution in [0.15, 0.2) is 0 Å². The van der Waals surface area contributed by atoms with Crippen molar-refractivity contribution in [2.24, 2.45) is 11.8 Å². The third-order valence-corrected chi connectivity index (χ3v) is 6.75. The molecule has 4 nitrogen and oxygen atoms in total. The highest BCUT2D eigenvalue weighted by Crippen LogP contribution is 2.31. The van der Waals surface area contributed by atoms with Gasteiger partial charge in [-0.1, -0.05) is 19.3 Å². The number of morpholine rings is 1. The van der Waals surface area contributed by atoms with Crippen LogP contribution in [0.2, 0.25) is 0 Å². The van der Waals surface area contributed by atoms with E-state index in [1.54, 1.807) is 0 Å². The molecule has 2 saturated heterocycles. The van der Waals surface area contributed by atoms with Crippen LogP contribution in [0.25, 0.3) is 0 Å². The molecule has 2 heterocycles. The molecule has 0 amide bonds. The van der Waals surface area contributed by atoms with Crippen molar-refractivity contribution >= 4 is 12.4 Å². The lowest BCUT2D eigenvalue weighted by Crippen LogP contribution is -2.52. The van der Waals surface area contributed by atoms with E-state index in [4.69, 9.17) is 4.74 Å². The molecule has 2 N–H and O–H groups in total. The normalized spacial score (nSPS) is 38.5. The van der Waals surface area contributed by atoms with Crippen molar-refractivity contribution in [1.82, 2.24) is 15.5 Å². The molecule has 0 aromatic carbocycles. The van der Waals surface area contributed by atoms with Crippen molar-refractivity contribution < 1.29 is 4.74 Å². The van der Waals surface area contributed by atoms with Gasteiger partial charge in [0.2, 0.25) is 0 Å². The molecule has 24 heavy (non-hydrogen) atoms. The Morgan fingerprint density at radius 2 is 1.92 bits per heavy atom. The van der Waals surface area contributed by atoms with Gasteiger partial charge in [-0.25, -0.2) is 0 Å². The van der Waals surface area contributed by atoms with E-state index in [0.717, 1.165) is 37.6 Å². The van der Waals surface area contributed by atoms with Gasteiger partial charge in [-0.2, -0.15) is 0 Å². The van der Waals surface area contributed by atoms with Crippen LogP contribution in [-0.4, -0.2) is 62.4 Å². The molecule has 4 unspecified atom stereocenters. The Bertz CT molecular complexity index is 372. The van der Waals surface area contributed by atoms with Crippen LogP contribution in [0.4, 0.5) is 0 Å². The average molecular weight is 358 g/mol. The fourth-order valence-corrected chi connectivity index (χ4v) is 5.53. The van der Waals surface area contributed by atoms with Crippen LogP contribution in [0, 0.1) is 11.8 Å². The molecule has 4 atom stereocenters. The van der Waals surface area contributed by atoms with E-state index in [2.05, 4.69) is 15.5 Å². The summed E-state index contributed by atoms with van der Waals surface area (Å²) < 4.78 is 5.71. The lowest BCUT2D eigenvalue weighted by molar-refractivity contribution is 0.0517. The van der Waals surface area contributed by atoms with Crippen LogP contribution in [-0.2, 0) is 4.74 Å². The first-order chi connectivity index (χ1) is 11.4. The zero-order valence-electron chi connectivity index (χ0n) is 15.0. The molecule has 4 aliphatic rings. The van der Waals surface area contributed by atoms with Gasteiger partial charge in [0.25, 0.3) is 0 Å². The monoisotopic (exact) mass is 357 g/mol. The van der Waals surface area contributed by atoms with E-state index >= 15 is 0 Å². The Morgan fingerprint density at radius 3 is 2.71 bits per heavy atom. The maximum absolute atomic E-state index is 5.71. The van der Waals surface area contributed by atoms with Gasteiger partial charge in [0.15, 0.2) is 0 Å². The first-order valence-electron chi connectivity index (χ1n) is 10.2. The number of hydrogen-bond acceptors (Lipinski definition) is 4. The number of rotatable bonds is 5. The summed E-state index contributed by atoms with van der Waals surface area (Å²) >= 11 is 0. The van der Waals surface area contributed by atoms with Gasteiger partial charge in [-0.15, -0.1) is 12.4 Å². The summed E-state index contributed by atoms with van der Waals surface area (Å²) in [7, 11) is 0. The Hall–Kier alpha value is 0.130. The van der Waals surface area contributed by atoms with Crippen molar-refractivity contribution in [3.8, 4) is 0 Å². The number of hydrogen-bond donors (Lipinski definition) is 2. The molecule has 2 saturated carbocycles. The van der Waals surface area contributed by atoms with Crippen LogP contribution in [0.3, 0.4) is 0 Å². The molecule has 0 bridgehead atoms. The Balaban J connectivity index is 0.00000169. The smallest absolute Gasteiger partial charge is 0.0623 e. The first-order valence-corrected chi connectivity index (χ1v) is 10.2. The average Bonchev–Trinajstić information content (AvgIpc) is 3.32. The molecule has 0 aromatic heterocycles. The van der Waals surface area contributed by atoms with Crippen molar-refractivity contribution in [1.29, 1.82) is 0 Å². The summed E-state index contributed by atoms with van der Waals surface area (Å²) in [5, 5.41) is 7.74. The van der Waals surface area contributed by atoms with Gasteiger partial charge in [0.05, 0.1) is 13.2 Å². The SMILES string of the molecule is C1CCC(CN2CCC(NC3CCCC3C3COCCN3)C2)C1.Cl. The first kappa shape index (κ1) is 18.9. The largest absolute Gasteiger partial charge is 0.379 e. The molecule has 0 radical (unpaired) electrons. The summed E-state index contributed by atoms with van der Waals surface area (Å²) in [4.78, 5) is 2.74. The zero-order chi connectivity index (χ0) is 15.5. The molecular formula is C19H36ClN3O. The van der Waals surface area contributed by atoms with Crippen LogP contribution >= 0.6 is 12.4 Å². The minimum absolute atomic E-state index is 0. The number of halogens is 1. The molecule has 140 valence electrons. The Morgan fingerprint density at radius 1 is 1.04 bits per heavy atom. The molecule has 0 spiro atoms. The lowest BCUT2D eigenvalue weighted by Gasteiger charge is -2.34. The minimum Gasteiger partial charge on any atom is -0.379 e. The molecule has 2 aliphatic carbocycles. The quantitative estimate of drug-likeness (QED) is 0.792. The third-order valence-electron chi connectivity index (χ3n) is 6.75. The second-order valence-electron chi connectivity index (χ2n) is 8.40. The summed E-state index contributed by atoms with van der Waals surface area (Å²) in [5.41, 5.74) is 0. The van der Waals surface area contributed by atoms with Crippen molar-refractivity contribution in [2.75, 3.05) is 39.4 Å². The molecular weight excluding hydrogens is 322 g/mol. The molecule has 4 rings (SSSR count). The molecule has 4 fully saturated rings. The van der Waals surface area contributed by atoms with Crippen LogP contribution < -0.4 is 10.6 Å². The fourth-order valence-electron chi connectivity index (χ4n) is 5.53. The van der Waals surface area contributed by atoms with Crippen LogP contribution in [0.5, 0.6) is 0 Å². The molecule has 2 aliphatic heterocycles. The third kappa shape index (κ3) is 4.64. The van der Waals surface area contributed by atoms with Crippen molar-refractivity contribution in [3.05, 3.63) is 0 Å². The zero-order valence-corrected chi connectivity index (χ0v) is 15.9. The summed E-state index contributed by atoms with van der Waals surface area (Å²) in [5.74, 6) is 1.77.